The molecule has 0 aliphatic heterocycles. The van der Waals surface area contributed by atoms with Gasteiger partial charge in [0.25, 0.3) is 0 Å². The van der Waals surface area contributed by atoms with E-state index >= 15 is 0 Å². The van der Waals surface area contributed by atoms with Gasteiger partial charge in [-0.15, -0.1) is 0 Å². The Kier molecular flexibility index (Phi) is 4.98. The predicted molar refractivity (Wildman–Crippen MR) is 82.1 cm³/mol. The van der Waals surface area contributed by atoms with Crippen LogP contribution in [-0.4, -0.2) is 44.9 Å². The van der Waals surface area contributed by atoms with Crippen molar-refractivity contribution in [1.82, 2.24) is 5.32 Å². The minimum Gasteiger partial charge on any atom is -0.496 e. The molecule has 0 aromatic heterocycles. The fourth-order valence-corrected chi connectivity index (χ4v) is 2.46. The van der Waals surface area contributed by atoms with Crippen molar-refractivity contribution in [3.8, 4) is 17.2 Å². The van der Waals surface area contributed by atoms with E-state index < -0.39 is 17.3 Å². The van der Waals surface area contributed by atoms with Gasteiger partial charge in [0.1, 0.15) is 22.7 Å². The first-order chi connectivity index (χ1) is 11.0. The quantitative estimate of drug-likeness (QED) is 0.699. The van der Waals surface area contributed by atoms with Crippen molar-refractivity contribution in [3.05, 3.63) is 17.7 Å². The van der Waals surface area contributed by atoms with Gasteiger partial charge in [-0.25, -0.2) is 0 Å². The summed E-state index contributed by atoms with van der Waals surface area (Å²) >= 11 is 0. The third-order valence-electron chi connectivity index (χ3n) is 4.07. The second-order valence-electron chi connectivity index (χ2n) is 5.40. The molecule has 1 aliphatic rings. The van der Waals surface area contributed by atoms with Crippen LogP contribution in [0, 0.1) is 5.41 Å². The van der Waals surface area contributed by atoms with Crippen LogP contribution in [0.3, 0.4) is 0 Å². The molecule has 0 heterocycles. The summed E-state index contributed by atoms with van der Waals surface area (Å²) in [5, 5.41) is 11.8. The molecule has 1 aromatic rings. The fourth-order valence-electron chi connectivity index (χ4n) is 2.46. The summed E-state index contributed by atoms with van der Waals surface area (Å²) in [5.41, 5.74) is -0.440. The number of benzene rings is 1. The number of carboxylic acid groups (broad SMARTS) is 1. The maximum Gasteiger partial charge on any atom is 0.319 e. The Bertz CT molecular complexity index is 584. The lowest BCUT2D eigenvalue weighted by Crippen LogP contribution is -2.38. The van der Waals surface area contributed by atoms with Gasteiger partial charge in [0, 0.05) is 24.2 Å². The van der Waals surface area contributed by atoms with Gasteiger partial charge in [0.05, 0.1) is 21.3 Å². The number of carbonyl (C=O) groups is 2. The van der Waals surface area contributed by atoms with Gasteiger partial charge >= 0.3 is 5.97 Å². The van der Waals surface area contributed by atoms with Crippen molar-refractivity contribution in [2.75, 3.05) is 27.9 Å². The summed E-state index contributed by atoms with van der Waals surface area (Å²) in [6.45, 7) is 0.299. The number of carboxylic acids is 1. The van der Waals surface area contributed by atoms with Gasteiger partial charge in [-0.05, 0) is 19.3 Å². The molecule has 2 rings (SSSR count). The third-order valence-corrected chi connectivity index (χ3v) is 4.07. The SMILES string of the molecule is COc1cc(OC)c(CCNC(=O)C2(C(=O)O)CC2)c(OC)c1. The Labute approximate surface area is 134 Å². The maximum atomic E-state index is 12.0. The molecule has 23 heavy (non-hydrogen) atoms. The van der Waals surface area contributed by atoms with Crippen LogP contribution in [0.2, 0.25) is 0 Å². The molecule has 126 valence electrons. The molecule has 0 saturated heterocycles. The summed E-state index contributed by atoms with van der Waals surface area (Å²) in [7, 11) is 4.63. The Morgan fingerprint density at radius 1 is 1.13 bits per heavy atom. The number of carbonyl (C=O) groups excluding carboxylic acids is 1. The number of amides is 1. The highest BCUT2D eigenvalue weighted by Gasteiger charge is 2.56. The lowest BCUT2D eigenvalue weighted by molar-refractivity contribution is -0.149. The Balaban J connectivity index is 2.05. The molecule has 7 heteroatoms. The van der Waals surface area contributed by atoms with Crippen molar-refractivity contribution >= 4 is 11.9 Å². The normalized spacial score (nSPS) is 14.7. The Morgan fingerprint density at radius 3 is 2.09 bits per heavy atom. The van der Waals surface area contributed by atoms with E-state index in [1.54, 1.807) is 33.5 Å². The number of nitrogens with one attached hydrogen (secondary N) is 1. The van der Waals surface area contributed by atoms with E-state index in [2.05, 4.69) is 5.32 Å². The highest BCUT2D eigenvalue weighted by molar-refractivity contribution is 6.04. The molecule has 0 atom stereocenters. The van der Waals surface area contributed by atoms with Crippen molar-refractivity contribution < 1.29 is 28.9 Å². The minimum absolute atomic E-state index is 0.299. The Hall–Kier alpha value is -2.44. The molecular weight excluding hydrogens is 302 g/mol. The highest BCUT2D eigenvalue weighted by Crippen LogP contribution is 2.46. The molecule has 0 spiro atoms. The van der Waals surface area contributed by atoms with Crippen LogP contribution in [-0.2, 0) is 16.0 Å². The van der Waals surface area contributed by atoms with Crippen molar-refractivity contribution in [2.45, 2.75) is 19.3 Å². The Morgan fingerprint density at radius 2 is 1.70 bits per heavy atom. The number of rotatable bonds is 8. The topological polar surface area (TPSA) is 94.1 Å². The van der Waals surface area contributed by atoms with E-state index in [-0.39, 0.29) is 0 Å². The lowest BCUT2D eigenvalue weighted by Gasteiger charge is -2.16. The predicted octanol–water partition coefficient (Wildman–Crippen LogP) is 1.24. The van der Waals surface area contributed by atoms with Crippen LogP contribution in [0.25, 0.3) is 0 Å². The molecule has 1 saturated carbocycles. The molecule has 1 amide bonds. The number of hydrogen-bond donors (Lipinski definition) is 2. The molecule has 1 aliphatic carbocycles. The summed E-state index contributed by atoms with van der Waals surface area (Å²) in [6, 6.07) is 3.47. The summed E-state index contributed by atoms with van der Waals surface area (Å²) in [5.74, 6) is 0.296. The molecule has 1 aromatic carbocycles. The van der Waals surface area contributed by atoms with Crippen LogP contribution >= 0.6 is 0 Å². The first kappa shape index (κ1) is 16.9. The van der Waals surface area contributed by atoms with E-state index in [9.17, 15) is 9.59 Å². The van der Waals surface area contributed by atoms with Gasteiger partial charge in [0.2, 0.25) is 5.91 Å². The van der Waals surface area contributed by atoms with Crippen molar-refractivity contribution in [3.63, 3.8) is 0 Å². The zero-order valence-electron chi connectivity index (χ0n) is 13.5. The highest BCUT2D eigenvalue weighted by atomic mass is 16.5. The van der Waals surface area contributed by atoms with Gasteiger partial charge in [-0.3, -0.25) is 9.59 Å². The van der Waals surface area contributed by atoms with Crippen LogP contribution < -0.4 is 19.5 Å². The first-order valence-corrected chi connectivity index (χ1v) is 7.29. The zero-order valence-corrected chi connectivity index (χ0v) is 13.5. The molecule has 2 N–H and O–H groups in total. The van der Waals surface area contributed by atoms with E-state index in [0.717, 1.165) is 5.56 Å². The third kappa shape index (κ3) is 3.33. The smallest absolute Gasteiger partial charge is 0.319 e. The van der Waals surface area contributed by atoms with E-state index in [4.69, 9.17) is 19.3 Å². The molecule has 7 nitrogen and oxygen atoms in total. The van der Waals surface area contributed by atoms with Crippen molar-refractivity contribution in [1.29, 1.82) is 0 Å². The lowest BCUT2D eigenvalue weighted by atomic mass is 10.1. The average Bonchev–Trinajstić information content (AvgIpc) is 3.36. The molecule has 0 bridgehead atoms. The van der Waals surface area contributed by atoms with Crippen molar-refractivity contribution in [2.24, 2.45) is 5.41 Å². The molecule has 0 unspecified atom stereocenters. The zero-order chi connectivity index (χ0) is 17.0. The molecule has 0 radical (unpaired) electrons. The molecular formula is C16H21NO6. The standard InChI is InChI=1S/C16H21NO6/c1-21-10-8-12(22-2)11(13(9-10)23-3)4-7-17-14(18)16(5-6-16)15(19)20/h8-9H,4-7H2,1-3H3,(H,17,18)(H,19,20). The average molecular weight is 323 g/mol. The largest absolute Gasteiger partial charge is 0.496 e. The fraction of sp³-hybridized carbons (Fsp3) is 0.500. The maximum absolute atomic E-state index is 12.0. The summed E-state index contributed by atoms with van der Waals surface area (Å²) in [6.07, 6.45) is 1.24. The summed E-state index contributed by atoms with van der Waals surface area (Å²) in [4.78, 5) is 23.1. The monoisotopic (exact) mass is 323 g/mol. The van der Waals surface area contributed by atoms with Crippen LogP contribution in [0.15, 0.2) is 12.1 Å². The van der Waals surface area contributed by atoms with Crippen LogP contribution in [0.1, 0.15) is 18.4 Å². The van der Waals surface area contributed by atoms with E-state index in [1.807, 2.05) is 0 Å². The second kappa shape index (κ2) is 6.76. The number of ether oxygens (including phenoxy) is 3. The number of methoxy groups -OCH3 is 3. The van der Waals surface area contributed by atoms with E-state index in [0.29, 0.717) is 43.1 Å². The number of hydrogen-bond acceptors (Lipinski definition) is 5. The summed E-state index contributed by atoms with van der Waals surface area (Å²) < 4.78 is 15.9. The van der Waals surface area contributed by atoms with Crippen LogP contribution in [0.5, 0.6) is 17.2 Å². The van der Waals surface area contributed by atoms with Gasteiger partial charge in [-0.1, -0.05) is 0 Å². The van der Waals surface area contributed by atoms with E-state index in [1.165, 1.54) is 0 Å². The second-order valence-corrected chi connectivity index (χ2v) is 5.40. The molecule has 1 fully saturated rings. The number of aliphatic carboxylic acids is 1. The van der Waals surface area contributed by atoms with Gasteiger partial charge in [-0.2, -0.15) is 0 Å². The first-order valence-electron chi connectivity index (χ1n) is 7.29. The van der Waals surface area contributed by atoms with Gasteiger partial charge in [0.15, 0.2) is 0 Å². The van der Waals surface area contributed by atoms with Crippen LogP contribution in [0.4, 0.5) is 0 Å². The minimum atomic E-state index is -1.23. The van der Waals surface area contributed by atoms with Gasteiger partial charge < -0.3 is 24.6 Å².